The van der Waals surface area contributed by atoms with Gasteiger partial charge in [-0.15, -0.1) is 0 Å². The van der Waals surface area contributed by atoms with E-state index in [4.69, 9.17) is 14.2 Å². The molecule has 0 saturated heterocycles. The van der Waals surface area contributed by atoms with Gasteiger partial charge < -0.3 is 28.7 Å². The van der Waals surface area contributed by atoms with Crippen molar-refractivity contribution in [2.45, 2.75) is 13.5 Å². The number of carbonyl (C=O) groups is 2. The predicted octanol–water partition coefficient (Wildman–Crippen LogP) is -0.109. The van der Waals surface area contributed by atoms with Crippen LogP contribution in [0.5, 0.6) is 17.2 Å². The molecular formula is C25H24NNaO6. The minimum atomic E-state index is -1.30. The second-order valence-corrected chi connectivity index (χ2v) is 7.08. The number of hydrogen-bond donors (Lipinski definition) is 0. The van der Waals surface area contributed by atoms with Crippen LogP contribution in [0.25, 0.3) is 6.08 Å². The molecule has 0 aliphatic heterocycles. The molecule has 166 valence electrons. The maximum Gasteiger partial charge on any atom is 1.00 e. The Labute approximate surface area is 214 Å². The number of methoxy groups -OCH3 is 2. The summed E-state index contributed by atoms with van der Waals surface area (Å²) in [5, 5.41) is 10.6. The van der Waals surface area contributed by atoms with Crippen molar-refractivity contribution < 1.29 is 58.5 Å². The first-order valence-corrected chi connectivity index (χ1v) is 9.94. The minimum Gasteiger partial charge on any atom is -0.546 e. The summed E-state index contributed by atoms with van der Waals surface area (Å²) >= 11 is 0. The smallest absolute Gasteiger partial charge is 0.546 e. The first-order chi connectivity index (χ1) is 15.4. The van der Waals surface area contributed by atoms with E-state index in [2.05, 4.69) is 0 Å². The molecule has 8 heteroatoms. The molecule has 0 aliphatic carbocycles. The van der Waals surface area contributed by atoms with Crippen LogP contribution in [0.3, 0.4) is 0 Å². The van der Waals surface area contributed by atoms with Crippen molar-refractivity contribution in [1.29, 1.82) is 0 Å². The topological polar surface area (TPSA) is 89.8 Å². The van der Waals surface area contributed by atoms with E-state index in [0.29, 0.717) is 35.1 Å². The zero-order chi connectivity index (χ0) is 23.1. The summed E-state index contributed by atoms with van der Waals surface area (Å²) in [4.78, 5) is 23.6. The summed E-state index contributed by atoms with van der Waals surface area (Å²) in [5.41, 5.74) is 2.85. The van der Waals surface area contributed by atoms with E-state index < -0.39 is 12.6 Å². The zero-order valence-corrected chi connectivity index (χ0v) is 21.2. The fourth-order valence-electron chi connectivity index (χ4n) is 3.26. The molecule has 0 aliphatic rings. The maximum absolute atomic E-state index is 13.0. The summed E-state index contributed by atoms with van der Waals surface area (Å²) < 4.78 is 17.6. The molecule has 7 nitrogen and oxygen atoms in total. The monoisotopic (exact) mass is 457 g/mol. The second kappa shape index (κ2) is 12.3. The molecule has 0 N–H and O–H groups in total. The number of carboxylic acid groups (broad SMARTS) is 1. The van der Waals surface area contributed by atoms with E-state index in [1.54, 1.807) is 56.7 Å². The standard InChI is InChI=1S/C25H25NO6.Na/c1-17-13-22(25(29)18-6-8-20(30-2)9-7-18)26(15-17)12-4-5-19-14-21(32-16-24(27)28)10-11-23(19)31-3;/h4-11,13-15H,12,16H2,1-3H3,(H,27,28);/q;+1/p-1/b5-4+;. The molecule has 2 aromatic carbocycles. The van der Waals surface area contributed by atoms with Crippen molar-refractivity contribution in [2.24, 2.45) is 0 Å². The van der Waals surface area contributed by atoms with Gasteiger partial charge in [0.25, 0.3) is 0 Å². The number of carboxylic acids is 1. The average molecular weight is 457 g/mol. The fourth-order valence-corrected chi connectivity index (χ4v) is 3.26. The molecule has 0 unspecified atom stereocenters. The molecule has 1 aromatic heterocycles. The summed E-state index contributed by atoms with van der Waals surface area (Å²) in [5.74, 6) is 0.317. The van der Waals surface area contributed by atoms with Crippen LogP contribution in [0, 0.1) is 6.92 Å². The predicted molar refractivity (Wildman–Crippen MR) is 118 cm³/mol. The zero-order valence-electron chi connectivity index (χ0n) is 19.2. The SMILES string of the molecule is COc1ccc(C(=O)c2cc(C)cn2C/C=C/c2cc(OCC(=O)[O-])ccc2OC)cc1.[Na+]. The third-order valence-electron chi connectivity index (χ3n) is 4.78. The number of allylic oxidation sites excluding steroid dienone is 1. The van der Waals surface area contributed by atoms with Crippen LogP contribution in [0.2, 0.25) is 0 Å². The summed E-state index contributed by atoms with van der Waals surface area (Å²) in [6.07, 6.45) is 5.64. The molecule has 0 bridgehead atoms. The Hall–Kier alpha value is -3.00. The van der Waals surface area contributed by atoms with Crippen LogP contribution in [0.15, 0.2) is 60.8 Å². The third kappa shape index (κ3) is 6.99. The molecule has 0 atom stereocenters. The fraction of sp³-hybridized carbons (Fsp3) is 0.200. The Balaban J connectivity index is 0.00000385. The van der Waals surface area contributed by atoms with E-state index in [-0.39, 0.29) is 35.3 Å². The molecule has 1 heterocycles. The Kier molecular flexibility index (Phi) is 9.78. The number of ether oxygens (including phenoxy) is 3. The Morgan fingerprint density at radius 2 is 1.70 bits per heavy atom. The van der Waals surface area contributed by atoms with Gasteiger partial charge in [-0.25, -0.2) is 0 Å². The maximum atomic E-state index is 13.0. The summed E-state index contributed by atoms with van der Waals surface area (Å²) in [7, 11) is 3.13. The second-order valence-electron chi connectivity index (χ2n) is 7.08. The molecular weight excluding hydrogens is 433 g/mol. The quantitative estimate of drug-likeness (QED) is 0.312. The first kappa shape index (κ1) is 26.3. The van der Waals surface area contributed by atoms with Crippen molar-refractivity contribution in [3.8, 4) is 17.2 Å². The van der Waals surface area contributed by atoms with Gasteiger partial charge in [0.05, 0.1) is 25.9 Å². The molecule has 33 heavy (non-hydrogen) atoms. The number of carbonyl (C=O) groups excluding carboxylic acids is 2. The van der Waals surface area contributed by atoms with Crippen LogP contribution in [0.1, 0.15) is 27.2 Å². The van der Waals surface area contributed by atoms with E-state index in [1.165, 1.54) is 0 Å². The molecule has 3 rings (SSSR count). The van der Waals surface area contributed by atoms with E-state index in [0.717, 1.165) is 11.1 Å². The molecule has 0 spiro atoms. The molecule has 0 radical (unpaired) electrons. The summed E-state index contributed by atoms with van der Waals surface area (Å²) in [6, 6.07) is 13.9. The van der Waals surface area contributed by atoms with Crippen molar-refractivity contribution in [1.82, 2.24) is 4.57 Å². The number of aromatic nitrogens is 1. The van der Waals surface area contributed by atoms with Gasteiger partial charge in [-0.05, 0) is 61.0 Å². The van der Waals surface area contributed by atoms with E-state index in [1.807, 2.05) is 35.9 Å². The van der Waals surface area contributed by atoms with Gasteiger partial charge in [-0.2, -0.15) is 0 Å². The van der Waals surface area contributed by atoms with E-state index in [9.17, 15) is 14.7 Å². The van der Waals surface area contributed by atoms with Gasteiger partial charge in [0.1, 0.15) is 23.9 Å². The third-order valence-corrected chi connectivity index (χ3v) is 4.78. The first-order valence-electron chi connectivity index (χ1n) is 9.94. The van der Waals surface area contributed by atoms with Gasteiger partial charge in [0, 0.05) is 23.9 Å². The van der Waals surface area contributed by atoms with E-state index >= 15 is 0 Å². The number of benzene rings is 2. The average Bonchev–Trinajstić information content (AvgIpc) is 3.17. The van der Waals surface area contributed by atoms with Crippen molar-refractivity contribution in [2.75, 3.05) is 20.8 Å². The van der Waals surface area contributed by atoms with Crippen LogP contribution in [0.4, 0.5) is 0 Å². The molecule has 0 fully saturated rings. The van der Waals surface area contributed by atoms with Crippen molar-refractivity contribution in [3.05, 3.63) is 83.2 Å². The Bertz CT molecular complexity index is 1130. The number of aliphatic carboxylic acids is 1. The van der Waals surface area contributed by atoms with Gasteiger partial charge in [0.15, 0.2) is 0 Å². The normalized spacial score (nSPS) is 10.5. The minimum absolute atomic E-state index is 0. The van der Waals surface area contributed by atoms with Gasteiger partial charge in [-0.3, -0.25) is 4.79 Å². The van der Waals surface area contributed by atoms with Gasteiger partial charge in [0.2, 0.25) is 5.78 Å². The van der Waals surface area contributed by atoms with Crippen LogP contribution >= 0.6 is 0 Å². The Morgan fingerprint density at radius 1 is 1.00 bits per heavy atom. The number of aryl methyl sites for hydroxylation is 1. The van der Waals surface area contributed by atoms with Crippen molar-refractivity contribution >= 4 is 17.8 Å². The summed E-state index contributed by atoms with van der Waals surface area (Å²) in [6.45, 7) is 1.86. The van der Waals surface area contributed by atoms with Crippen LogP contribution in [-0.2, 0) is 11.3 Å². The molecule has 3 aromatic rings. The van der Waals surface area contributed by atoms with Crippen LogP contribution in [-0.4, -0.2) is 37.1 Å². The van der Waals surface area contributed by atoms with Crippen LogP contribution < -0.4 is 48.9 Å². The molecule has 0 amide bonds. The van der Waals surface area contributed by atoms with Gasteiger partial charge >= 0.3 is 29.6 Å². The number of hydrogen-bond acceptors (Lipinski definition) is 6. The number of rotatable bonds is 10. The van der Waals surface area contributed by atoms with Crippen molar-refractivity contribution in [3.63, 3.8) is 0 Å². The Morgan fingerprint density at radius 3 is 2.33 bits per heavy atom. The van der Waals surface area contributed by atoms with Gasteiger partial charge in [-0.1, -0.05) is 12.2 Å². The number of nitrogens with zero attached hydrogens (tertiary/aromatic N) is 1. The largest absolute Gasteiger partial charge is 1.00 e. The number of ketones is 1. The molecule has 0 saturated carbocycles.